The van der Waals surface area contributed by atoms with E-state index in [0.29, 0.717) is 0 Å². The van der Waals surface area contributed by atoms with Crippen molar-refractivity contribution >= 4 is 23.2 Å². The summed E-state index contributed by atoms with van der Waals surface area (Å²) in [5.74, 6) is -6.72. The van der Waals surface area contributed by atoms with Gasteiger partial charge in [-0.25, -0.2) is 0 Å². The lowest BCUT2D eigenvalue weighted by Crippen LogP contribution is -2.05. The quantitative estimate of drug-likeness (QED) is 0.407. The molecular formula is C11H7F4N3S. The van der Waals surface area contributed by atoms with Crippen LogP contribution >= 0.6 is 11.3 Å². The molecule has 0 saturated heterocycles. The zero-order valence-corrected chi connectivity index (χ0v) is 10.4. The molecule has 2 aromatic heterocycles. The van der Waals surface area contributed by atoms with Crippen LogP contribution in [0.5, 0.6) is 0 Å². The Balaban J connectivity index is 2.22. The molecule has 100 valence electrons. The molecule has 3 nitrogen and oxygen atoms in total. The zero-order valence-electron chi connectivity index (χ0n) is 9.55. The monoisotopic (exact) mass is 289 g/mol. The Bertz CT molecular complexity index is 613. The molecule has 19 heavy (non-hydrogen) atoms. The van der Waals surface area contributed by atoms with Gasteiger partial charge in [-0.05, 0) is 19.1 Å². The predicted octanol–water partition coefficient (Wildman–Crippen LogP) is 3.45. The summed E-state index contributed by atoms with van der Waals surface area (Å²) >= 11 is 1.40. The number of nitrogens with zero attached hydrogens (tertiary/aromatic N) is 2. The van der Waals surface area contributed by atoms with Gasteiger partial charge in [0.2, 0.25) is 11.6 Å². The fourth-order valence-corrected chi connectivity index (χ4v) is 2.02. The number of pyridine rings is 1. The number of hydrogen-bond acceptors (Lipinski definition) is 4. The van der Waals surface area contributed by atoms with Crippen LogP contribution in [0.3, 0.4) is 0 Å². The van der Waals surface area contributed by atoms with Crippen molar-refractivity contribution in [3.63, 3.8) is 0 Å². The third-order valence-electron chi connectivity index (χ3n) is 2.13. The standard InChI is InChI=1S/C11H7F4N3S/c1-5-2-3-6(19-5)4-16-18-9-7(12)10(14)17-11(15)8(9)13/h2-4H,1H3,(H,17,18)/b16-4+. The van der Waals surface area contributed by atoms with E-state index in [1.807, 2.05) is 18.4 Å². The molecule has 2 rings (SSSR count). The topological polar surface area (TPSA) is 37.3 Å². The summed E-state index contributed by atoms with van der Waals surface area (Å²) in [5.41, 5.74) is 0.908. The molecule has 2 aromatic rings. The molecule has 0 bridgehead atoms. The summed E-state index contributed by atoms with van der Waals surface area (Å²) < 4.78 is 52.0. The highest BCUT2D eigenvalue weighted by molar-refractivity contribution is 7.13. The van der Waals surface area contributed by atoms with Gasteiger partial charge in [0.1, 0.15) is 5.69 Å². The molecule has 0 spiro atoms. The smallest absolute Gasteiger partial charge is 0.254 e. The van der Waals surface area contributed by atoms with Gasteiger partial charge in [-0.3, -0.25) is 5.43 Å². The van der Waals surface area contributed by atoms with E-state index in [9.17, 15) is 17.6 Å². The first-order valence-corrected chi connectivity index (χ1v) is 5.86. The maximum atomic E-state index is 13.2. The molecule has 0 fully saturated rings. The van der Waals surface area contributed by atoms with E-state index < -0.39 is 29.2 Å². The first kappa shape index (κ1) is 13.5. The van der Waals surface area contributed by atoms with Gasteiger partial charge in [0, 0.05) is 9.75 Å². The maximum Gasteiger partial charge on any atom is 0.254 e. The van der Waals surface area contributed by atoms with Crippen molar-refractivity contribution < 1.29 is 17.6 Å². The van der Waals surface area contributed by atoms with Gasteiger partial charge in [-0.1, -0.05) is 0 Å². The lowest BCUT2D eigenvalue weighted by molar-refractivity contribution is 0.411. The minimum absolute atomic E-state index is 0.723. The Hall–Kier alpha value is -1.96. The van der Waals surface area contributed by atoms with Gasteiger partial charge in [-0.2, -0.15) is 27.6 Å². The molecule has 1 N–H and O–H groups in total. The van der Waals surface area contributed by atoms with E-state index >= 15 is 0 Å². The van der Waals surface area contributed by atoms with Crippen molar-refractivity contribution in [1.82, 2.24) is 4.98 Å². The number of rotatable bonds is 3. The van der Waals surface area contributed by atoms with Crippen LogP contribution in [0.1, 0.15) is 9.75 Å². The number of halogens is 4. The number of aryl methyl sites for hydroxylation is 1. The molecular weight excluding hydrogens is 282 g/mol. The number of hydrazone groups is 1. The number of nitrogens with one attached hydrogen (secondary N) is 1. The second kappa shape index (κ2) is 5.35. The Morgan fingerprint density at radius 2 is 1.79 bits per heavy atom. The van der Waals surface area contributed by atoms with Crippen LogP contribution < -0.4 is 5.43 Å². The van der Waals surface area contributed by atoms with Crippen LogP contribution in [0.4, 0.5) is 23.2 Å². The molecule has 0 unspecified atom stereocenters. The zero-order chi connectivity index (χ0) is 14.0. The van der Waals surface area contributed by atoms with E-state index in [4.69, 9.17) is 0 Å². The Morgan fingerprint density at radius 1 is 1.16 bits per heavy atom. The highest BCUT2D eigenvalue weighted by Crippen LogP contribution is 2.22. The van der Waals surface area contributed by atoms with E-state index in [0.717, 1.165) is 9.75 Å². The van der Waals surface area contributed by atoms with E-state index in [1.165, 1.54) is 17.6 Å². The van der Waals surface area contributed by atoms with Crippen LogP contribution in [0.2, 0.25) is 0 Å². The molecule has 2 heterocycles. The molecule has 0 atom stereocenters. The molecule has 0 radical (unpaired) electrons. The molecule has 8 heteroatoms. The van der Waals surface area contributed by atoms with Gasteiger partial charge in [0.05, 0.1) is 6.21 Å². The fraction of sp³-hybridized carbons (Fsp3) is 0.0909. The summed E-state index contributed by atoms with van der Waals surface area (Å²) in [5, 5.41) is 3.52. The minimum atomic E-state index is -1.73. The van der Waals surface area contributed by atoms with Crippen LogP contribution in [0, 0.1) is 30.5 Å². The minimum Gasteiger partial charge on any atom is -0.272 e. The largest absolute Gasteiger partial charge is 0.272 e. The van der Waals surface area contributed by atoms with Gasteiger partial charge < -0.3 is 0 Å². The van der Waals surface area contributed by atoms with Gasteiger partial charge in [0.25, 0.3) is 11.9 Å². The summed E-state index contributed by atoms with van der Waals surface area (Å²) in [6.07, 6.45) is 1.28. The Morgan fingerprint density at radius 3 is 2.32 bits per heavy atom. The van der Waals surface area contributed by atoms with Gasteiger partial charge in [0.15, 0.2) is 0 Å². The van der Waals surface area contributed by atoms with Crippen molar-refractivity contribution in [2.75, 3.05) is 5.43 Å². The molecule has 0 aliphatic heterocycles. The van der Waals surface area contributed by atoms with E-state index in [2.05, 4.69) is 10.1 Å². The first-order chi connectivity index (χ1) is 8.99. The SMILES string of the molecule is Cc1ccc(/C=N/Nc2c(F)c(F)nc(F)c2F)s1. The Kier molecular flexibility index (Phi) is 3.79. The number of anilines is 1. The van der Waals surface area contributed by atoms with E-state index in [-0.39, 0.29) is 0 Å². The van der Waals surface area contributed by atoms with Crippen LogP contribution in [-0.4, -0.2) is 11.2 Å². The van der Waals surface area contributed by atoms with Crippen LogP contribution in [0.25, 0.3) is 0 Å². The number of hydrogen-bond donors (Lipinski definition) is 1. The van der Waals surface area contributed by atoms with Crippen LogP contribution in [0.15, 0.2) is 17.2 Å². The fourth-order valence-electron chi connectivity index (χ4n) is 1.27. The van der Waals surface area contributed by atoms with Crippen LogP contribution in [-0.2, 0) is 0 Å². The third-order valence-corrected chi connectivity index (χ3v) is 3.06. The van der Waals surface area contributed by atoms with Crippen molar-refractivity contribution in [1.29, 1.82) is 0 Å². The third kappa shape index (κ3) is 2.90. The Labute approximate surface area is 109 Å². The van der Waals surface area contributed by atoms with Gasteiger partial charge >= 0.3 is 0 Å². The summed E-state index contributed by atoms with van der Waals surface area (Å²) in [7, 11) is 0. The predicted molar refractivity (Wildman–Crippen MR) is 64.3 cm³/mol. The van der Waals surface area contributed by atoms with Crippen molar-refractivity contribution in [3.05, 3.63) is 45.4 Å². The first-order valence-electron chi connectivity index (χ1n) is 5.04. The summed E-state index contributed by atoms with van der Waals surface area (Å²) in [6, 6.07) is 3.57. The molecule has 0 saturated carbocycles. The summed E-state index contributed by atoms with van der Waals surface area (Å²) in [4.78, 5) is 4.18. The highest BCUT2D eigenvalue weighted by atomic mass is 32.1. The average molecular weight is 289 g/mol. The second-order valence-electron chi connectivity index (χ2n) is 3.51. The average Bonchev–Trinajstić information content (AvgIpc) is 2.77. The maximum absolute atomic E-state index is 13.2. The normalized spacial score (nSPS) is 11.2. The second-order valence-corrected chi connectivity index (χ2v) is 4.83. The molecule has 0 aliphatic rings. The molecule has 0 aliphatic carbocycles. The number of thiophene rings is 1. The molecule has 0 amide bonds. The van der Waals surface area contributed by atoms with E-state index in [1.54, 1.807) is 6.07 Å². The van der Waals surface area contributed by atoms with Crippen molar-refractivity contribution in [2.24, 2.45) is 5.10 Å². The molecule has 0 aromatic carbocycles. The van der Waals surface area contributed by atoms with Gasteiger partial charge in [-0.15, -0.1) is 11.3 Å². The van der Waals surface area contributed by atoms with Crippen molar-refractivity contribution in [2.45, 2.75) is 6.92 Å². The highest BCUT2D eigenvalue weighted by Gasteiger charge is 2.20. The lowest BCUT2D eigenvalue weighted by atomic mass is 10.4. The summed E-state index contributed by atoms with van der Waals surface area (Å²) in [6.45, 7) is 1.88. The van der Waals surface area contributed by atoms with Crippen molar-refractivity contribution in [3.8, 4) is 0 Å². The number of aromatic nitrogens is 1. The lowest BCUT2D eigenvalue weighted by Gasteiger charge is -2.04.